The van der Waals surface area contributed by atoms with Crippen LogP contribution >= 0.6 is 0 Å². The first-order valence-corrected chi connectivity index (χ1v) is 8.39. The average molecular weight is 291 g/mol. The van der Waals surface area contributed by atoms with Gasteiger partial charge in [0, 0.05) is 12.6 Å². The molecule has 3 rings (SSSR count). The molecule has 21 heavy (non-hydrogen) atoms. The van der Waals surface area contributed by atoms with Crippen molar-refractivity contribution in [3.63, 3.8) is 0 Å². The highest BCUT2D eigenvalue weighted by atomic mass is 19.1. The van der Waals surface area contributed by atoms with E-state index < -0.39 is 0 Å². The smallest absolute Gasteiger partial charge is 0.123 e. The van der Waals surface area contributed by atoms with E-state index in [2.05, 4.69) is 5.32 Å². The van der Waals surface area contributed by atoms with E-state index in [-0.39, 0.29) is 5.82 Å². The Morgan fingerprint density at radius 3 is 2.67 bits per heavy atom. The molecule has 0 aromatic heterocycles. The van der Waals surface area contributed by atoms with Crippen molar-refractivity contribution in [1.29, 1.82) is 0 Å². The number of hydrogen-bond acceptors (Lipinski definition) is 2. The highest BCUT2D eigenvalue weighted by molar-refractivity contribution is 5.16. The zero-order valence-electron chi connectivity index (χ0n) is 12.7. The molecule has 0 bridgehead atoms. The van der Waals surface area contributed by atoms with Gasteiger partial charge in [0.1, 0.15) is 5.82 Å². The molecule has 116 valence electrons. The van der Waals surface area contributed by atoms with Crippen LogP contribution in [0.3, 0.4) is 0 Å². The summed E-state index contributed by atoms with van der Waals surface area (Å²) in [5, 5.41) is 3.65. The van der Waals surface area contributed by atoms with Gasteiger partial charge in [0.15, 0.2) is 0 Å². The molecule has 2 atom stereocenters. The monoisotopic (exact) mass is 291 g/mol. The number of rotatable bonds is 8. The Kier molecular flexibility index (Phi) is 5.26. The van der Waals surface area contributed by atoms with Gasteiger partial charge in [0.25, 0.3) is 0 Å². The van der Waals surface area contributed by atoms with Gasteiger partial charge < -0.3 is 10.1 Å². The second-order valence-electron chi connectivity index (χ2n) is 6.59. The maximum Gasteiger partial charge on any atom is 0.123 e. The van der Waals surface area contributed by atoms with E-state index >= 15 is 0 Å². The molecule has 1 saturated heterocycles. The van der Waals surface area contributed by atoms with Gasteiger partial charge >= 0.3 is 0 Å². The van der Waals surface area contributed by atoms with Gasteiger partial charge in [-0.15, -0.1) is 0 Å². The Hall–Kier alpha value is -0.930. The van der Waals surface area contributed by atoms with Crippen molar-refractivity contribution in [3.05, 3.63) is 35.6 Å². The fourth-order valence-corrected chi connectivity index (χ4v) is 3.14. The van der Waals surface area contributed by atoms with E-state index in [0.29, 0.717) is 12.0 Å². The lowest BCUT2D eigenvalue weighted by Gasteiger charge is -2.19. The average Bonchev–Trinajstić information content (AvgIpc) is 3.18. The van der Waals surface area contributed by atoms with E-state index in [9.17, 15) is 4.39 Å². The maximum atomic E-state index is 13.0. The van der Waals surface area contributed by atoms with Gasteiger partial charge in [-0.05, 0) is 75.1 Å². The van der Waals surface area contributed by atoms with Crippen LogP contribution in [0.15, 0.2) is 24.3 Å². The van der Waals surface area contributed by atoms with Crippen molar-refractivity contribution in [2.24, 2.45) is 5.92 Å². The van der Waals surface area contributed by atoms with E-state index in [1.807, 2.05) is 12.1 Å². The van der Waals surface area contributed by atoms with Crippen molar-refractivity contribution < 1.29 is 9.13 Å². The SMILES string of the molecule is Fc1ccc(CC(CCC2CCCO2)CNC2CC2)cc1. The predicted octanol–water partition coefficient (Wildman–Crippen LogP) is 3.70. The van der Waals surface area contributed by atoms with Crippen molar-refractivity contribution in [2.45, 2.75) is 57.1 Å². The molecule has 1 saturated carbocycles. The molecule has 1 aliphatic carbocycles. The number of benzene rings is 1. The van der Waals surface area contributed by atoms with Gasteiger partial charge in [-0.2, -0.15) is 0 Å². The Morgan fingerprint density at radius 1 is 1.19 bits per heavy atom. The zero-order chi connectivity index (χ0) is 14.5. The molecule has 0 amide bonds. The summed E-state index contributed by atoms with van der Waals surface area (Å²) in [5.41, 5.74) is 1.24. The minimum absolute atomic E-state index is 0.147. The number of halogens is 1. The molecule has 2 nitrogen and oxygen atoms in total. The van der Waals surface area contributed by atoms with E-state index in [0.717, 1.165) is 32.0 Å². The first-order chi connectivity index (χ1) is 10.3. The number of nitrogens with one attached hydrogen (secondary N) is 1. The molecule has 0 radical (unpaired) electrons. The maximum absolute atomic E-state index is 13.0. The molecule has 1 aliphatic heterocycles. The summed E-state index contributed by atoms with van der Waals surface area (Å²) in [7, 11) is 0. The zero-order valence-corrected chi connectivity index (χ0v) is 12.7. The third-order valence-electron chi connectivity index (χ3n) is 4.63. The standard InChI is InChI=1S/C18H26FNO/c19-16-6-3-14(4-7-16)12-15(13-20-17-8-9-17)5-10-18-2-1-11-21-18/h3-4,6-7,15,17-18,20H,1-2,5,8-13H2. The molecule has 2 aliphatic rings. The van der Waals surface area contributed by atoms with Gasteiger partial charge in [-0.25, -0.2) is 4.39 Å². The molecule has 1 aromatic rings. The lowest BCUT2D eigenvalue weighted by atomic mass is 9.93. The highest BCUT2D eigenvalue weighted by Crippen LogP contribution is 2.24. The van der Waals surface area contributed by atoms with E-state index in [1.54, 1.807) is 12.1 Å². The molecule has 1 N–H and O–H groups in total. The first-order valence-electron chi connectivity index (χ1n) is 8.39. The van der Waals surface area contributed by atoms with Crippen LogP contribution < -0.4 is 5.32 Å². The molecule has 0 spiro atoms. The van der Waals surface area contributed by atoms with E-state index in [1.165, 1.54) is 37.7 Å². The van der Waals surface area contributed by atoms with Crippen LogP contribution in [0, 0.1) is 11.7 Å². The minimum atomic E-state index is -0.147. The van der Waals surface area contributed by atoms with Crippen molar-refractivity contribution in [2.75, 3.05) is 13.2 Å². The minimum Gasteiger partial charge on any atom is -0.378 e. The lowest BCUT2D eigenvalue weighted by Crippen LogP contribution is -2.27. The van der Waals surface area contributed by atoms with Crippen LogP contribution in [0.5, 0.6) is 0 Å². The quantitative estimate of drug-likeness (QED) is 0.788. The largest absolute Gasteiger partial charge is 0.378 e. The van der Waals surface area contributed by atoms with E-state index in [4.69, 9.17) is 4.74 Å². The molecule has 1 aromatic carbocycles. The summed E-state index contributed by atoms with van der Waals surface area (Å²) in [4.78, 5) is 0. The van der Waals surface area contributed by atoms with Gasteiger partial charge in [0.05, 0.1) is 6.10 Å². The van der Waals surface area contributed by atoms with Crippen molar-refractivity contribution >= 4 is 0 Å². The molecular weight excluding hydrogens is 265 g/mol. The molecule has 1 heterocycles. The third kappa shape index (κ3) is 5.08. The summed E-state index contributed by atoms with van der Waals surface area (Å²) < 4.78 is 18.7. The third-order valence-corrected chi connectivity index (χ3v) is 4.63. The van der Waals surface area contributed by atoms with Gasteiger partial charge in [0.2, 0.25) is 0 Å². The predicted molar refractivity (Wildman–Crippen MR) is 82.8 cm³/mol. The summed E-state index contributed by atoms with van der Waals surface area (Å²) in [6.45, 7) is 2.02. The van der Waals surface area contributed by atoms with Crippen LogP contribution in [0.4, 0.5) is 4.39 Å². The number of ether oxygens (including phenoxy) is 1. The molecule has 3 heteroatoms. The highest BCUT2D eigenvalue weighted by Gasteiger charge is 2.23. The normalized spacial score (nSPS) is 23.4. The number of hydrogen-bond donors (Lipinski definition) is 1. The Balaban J connectivity index is 1.50. The second kappa shape index (κ2) is 7.37. The molecule has 2 fully saturated rings. The second-order valence-corrected chi connectivity index (χ2v) is 6.59. The fraction of sp³-hybridized carbons (Fsp3) is 0.667. The van der Waals surface area contributed by atoms with Gasteiger partial charge in [-0.1, -0.05) is 12.1 Å². The Morgan fingerprint density at radius 2 is 2.00 bits per heavy atom. The first kappa shape index (κ1) is 15.0. The Labute approximate surface area is 127 Å². The molecule has 2 unspecified atom stereocenters. The summed E-state index contributed by atoms with van der Waals surface area (Å²) in [5.74, 6) is 0.478. The summed E-state index contributed by atoms with van der Waals surface area (Å²) >= 11 is 0. The lowest BCUT2D eigenvalue weighted by molar-refractivity contribution is 0.0979. The van der Waals surface area contributed by atoms with Crippen LogP contribution in [-0.2, 0) is 11.2 Å². The topological polar surface area (TPSA) is 21.3 Å². The van der Waals surface area contributed by atoms with Crippen LogP contribution in [-0.4, -0.2) is 25.3 Å². The fourth-order valence-electron chi connectivity index (χ4n) is 3.14. The van der Waals surface area contributed by atoms with Crippen molar-refractivity contribution in [3.8, 4) is 0 Å². The molecular formula is C18H26FNO. The van der Waals surface area contributed by atoms with Gasteiger partial charge in [-0.3, -0.25) is 0 Å². The van der Waals surface area contributed by atoms with Crippen LogP contribution in [0.2, 0.25) is 0 Å². The van der Waals surface area contributed by atoms with Crippen LogP contribution in [0.25, 0.3) is 0 Å². The summed E-state index contributed by atoms with van der Waals surface area (Å²) in [6.07, 6.45) is 8.96. The Bertz CT molecular complexity index is 423. The van der Waals surface area contributed by atoms with Crippen molar-refractivity contribution in [1.82, 2.24) is 5.32 Å². The summed E-state index contributed by atoms with van der Waals surface area (Å²) in [6, 6.07) is 7.74. The van der Waals surface area contributed by atoms with Crippen LogP contribution in [0.1, 0.15) is 44.1 Å².